The summed E-state index contributed by atoms with van der Waals surface area (Å²) in [6.45, 7) is 9.93. The molecule has 118 valence electrons. The van der Waals surface area contributed by atoms with E-state index in [2.05, 4.69) is 17.1 Å². The van der Waals surface area contributed by atoms with E-state index in [-0.39, 0.29) is 18.1 Å². The zero-order chi connectivity index (χ0) is 15.0. The molecule has 5 nitrogen and oxygen atoms in total. The molecule has 20 heavy (non-hydrogen) atoms. The Morgan fingerprint density at radius 1 is 1.45 bits per heavy atom. The van der Waals surface area contributed by atoms with Crippen LogP contribution in [0.15, 0.2) is 0 Å². The van der Waals surface area contributed by atoms with Crippen molar-refractivity contribution in [2.24, 2.45) is 11.7 Å². The fraction of sp³-hybridized carbons (Fsp3) is 0.933. The highest BCUT2D eigenvalue weighted by Gasteiger charge is 2.23. The molecule has 1 saturated heterocycles. The quantitative estimate of drug-likeness (QED) is 0.652. The lowest BCUT2D eigenvalue weighted by Gasteiger charge is -2.34. The first-order valence-electron chi connectivity index (χ1n) is 7.85. The van der Waals surface area contributed by atoms with Gasteiger partial charge in [-0.2, -0.15) is 0 Å². The molecule has 5 heteroatoms. The first kappa shape index (κ1) is 17.4. The summed E-state index contributed by atoms with van der Waals surface area (Å²) in [7, 11) is 0. The van der Waals surface area contributed by atoms with Crippen molar-refractivity contribution in [1.82, 2.24) is 10.2 Å². The number of hydrogen-bond donors (Lipinski definition) is 2. The van der Waals surface area contributed by atoms with Crippen LogP contribution in [0.3, 0.4) is 0 Å². The van der Waals surface area contributed by atoms with E-state index in [0.717, 1.165) is 25.9 Å². The van der Waals surface area contributed by atoms with Crippen molar-refractivity contribution in [2.75, 3.05) is 32.8 Å². The second-order valence-electron chi connectivity index (χ2n) is 6.12. The molecule has 1 heterocycles. The van der Waals surface area contributed by atoms with Crippen LogP contribution in [0.2, 0.25) is 0 Å². The molecule has 2 unspecified atom stereocenters. The summed E-state index contributed by atoms with van der Waals surface area (Å²) in [5.41, 5.74) is 5.96. The molecule has 1 aliphatic rings. The van der Waals surface area contributed by atoms with E-state index >= 15 is 0 Å². The van der Waals surface area contributed by atoms with Crippen molar-refractivity contribution in [1.29, 1.82) is 0 Å². The summed E-state index contributed by atoms with van der Waals surface area (Å²) in [6, 6.07) is 0.217. The number of carbonyl (C=O) groups is 1. The summed E-state index contributed by atoms with van der Waals surface area (Å²) in [5.74, 6) is 0.635. The zero-order valence-electron chi connectivity index (χ0n) is 13.2. The van der Waals surface area contributed by atoms with E-state index in [0.29, 0.717) is 25.6 Å². The van der Waals surface area contributed by atoms with Crippen molar-refractivity contribution in [3.05, 3.63) is 0 Å². The van der Waals surface area contributed by atoms with E-state index in [1.165, 1.54) is 6.42 Å². The van der Waals surface area contributed by atoms with Gasteiger partial charge in [0.1, 0.15) is 0 Å². The van der Waals surface area contributed by atoms with Gasteiger partial charge in [-0.15, -0.1) is 0 Å². The molecule has 0 aromatic heterocycles. The number of nitrogens with one attached hydrogen (secondary N) is 1. The van der Waals surface area contributed by atoms with Crippen LogP contribution in [0.25, 0.3) is 0 Å². The SMILES string of the molecule is CC(C)OCCCNC(=O)CN1CCCC(C(C)N)C1. The largest absolute Gasteiger partial charge is 0.379 e. The predicted molar refractivity (Wildman–Crippen MR) is 81.5 cm³/mol. The van der Waals surface area contributed by atoms with Crippen LogP contribution < -0.4 is 11.1 Å². The van der Waals surface area contributed by atoms with Gasteiger partial charge in [-0.25, -0.2) is 0 Å². The smallest absolute Gasteiger partial charge is 0.234 e. The zero-order valence-corrected chi connectivity index (χ0v) is 13.2. The van der Waals surface area contributed by atoms with Gasteiger partial charge in [-0.1, -0.05) is 0 Å². The van der Waals surface area contributed by atoms with E-state index in [1.807, 2.05) is 13.8 Å². The summed E-state index contributed by atoms with van der Waals surface area (Å²) in [5, 5.41) is 2.96. The molecule has 0 aromatic carbocycles. The Hall–Kier alpha value is -0.650. The summed E-state index contributed by atoms with van der Waals surface area (Å²) in [6.07, 6.45) is 3.45. The van der Waals surface area contributed by atoms with Crippen LogP contribution in [-0.4, -0.2) is 55.7 Å². The van der Waals surface area contributed by atoms with Gasteiger partial charge in [0.15, 0.2) is 0 Å². The molecular weight excluding hydrogens is 254 g/mol. The van der Waals surface area contributed by atoms with Crippen molar-refractivity contribution in [3.63, 3.8) is 0 Å². The van der Waals surface area contributed by atoms with Gasteiger partial charge in [0.25, 0.3) is 0 Å². The van der Waals surface area contributed by atoms with Gasteiger partial charge in [0.2, 0.25) is 5.91 Å². The van der Waals surface area contributed by atoms with E-state index in [4.69, 9.17) is 10.5 Å². The molecule has 1 aliphatic heterocycles. The topological polar surface area (TPSA) is 67.6 Å². The average molecular weight is 285 g/mol. The highest BCUT2D eigenvalue weighted by atomic mass is 16.5. The molecule has 0 radical (unpaired) electrons. The molecule has 0 saturated carbocycles. The second-order valence-corrected chi connectivity index (χ2v) is 6.12. The minimum atomic E-state index is 0.111. The minimum absolute atomic E-state index is 0.111. The number of nitrogens with zero attached hydrogens (tertiary/aromatic N) is 1. The maximum atomic E-state index is 11.9. The van der Waals surface area contributed by atoms with Gasteiger partial charge < -0.3 is 15.8 Å². The maximum Gasteiger partial charge on any atom is 0.234 e. The molecule has 1 rings (SSSR count). The van der Waals surface area contributed by atoms with Crippen molar-refractivity contribution >= 4 is 5.91 Å². The lowest BCUT2D eigenvalue weighted by Crippen LogP contribution is -2.46. The fourth-order valence-electron chi connectivity index (χ4n) is 2.54. The highest BCUT2D eigenvalue weighted by molar-refractivity contribution is 5.77. The monoisotopic (exact) mass is 285 g/mol. The molecule has 1 fully saturated rings. The number of nitrogens with two attached hydrogens (primary N) is 1. The molecule has 2 atom stereocenters. The summed E-state index contributed by atoms with van der Waals surface area (Å²) in [4.78, 5) is 14.1. The van der Waals surface area contributed by atoms with Crippen LogP contribution in [0.4, 0.5) is 0 Å². The molecule has 1 amide bonds. The minimum Gasteiger partial charge on any atom is -0.379 e. The predicted octanol–water partition coefficient (Wildman–Crippen LogP) is 0.977. The molecule has 0 aromatic rings. The number of carbonyl (C=O) groups excluding carboxylic acids is 1. The van der Waals surface area contributed by atoms with Crippen LogP contribution in [0.5, 0.6) is 0 Å². The van der Waals surface area contributed by atoms with Crippen LogP contribution in [-0.2, 0) is 9.53 Å². The van der Waals surface area contributed by atoms with E-state index < -0.39 is 0 Å². The Labute approximate surface area is 123 Å². The van der Waals surface area contributed by atoms with Crippen molar-refractivity contribution < 1.29 is 9.53 Å². The van der Waals surface area contributed by atoms with Crippen molar-refractivity contribution in [2.45, 2.75) is 52.2 Å². The number of amides is 1. The highest BCUT2D eigenvalue weighted by Crippen LogP contribution is 2.18. The fourth-order valence-corrected chi connectivity index (χ4v) is 2.54. The van der Waals surface area contributed by atoms with Gasteiger partial charge in [-0.3, -0.25) is 9.69 Å². The molecule has 0 bridgehead atoms. The molecule has 3 N–H and O–H groups in total. The third-order valence-corrected chi connectivity index (χ3v) is 3.75. The Balaban J connectivity index is 2.12. The third-order valence-electron chi connectivity index (χ3n) is 3.75. The Morgan fingerprint density at radius 3 is 2.85 bits per heavy atom. The Morgan fingerprint density at radius 2 is 2.20 bits per heavy atom. The van der Waals surface area contributed by atoms with Crippen LogP contribution >= 0.6 is 0 Å². The lowest BCUT2D eigenvalue weighted by atomic mass is 9.92. The maximum absolute atomic E-state index is 11.9. The number of likely N-dealkylation sites (tertiary alicyclic amines) is 1. The summed E-state index contributed by atoms with van der Waals surface area (Å²) < 4.78 is 5.44. The standard InChI is InChI=1S/C15H31N3O2/c1-12(2)20-9-5-7-17-15(19)11-18-8-4-6-14(10-18)13(3)16/h12-14H,4-11,16H2,1-3H3,(H,17,19). The van der Waals surface area contributed by atoms with Gasteiger partial charge >= 0.3 is 0 Å². The Kier molecular flexibility index (Phi) is 8.11. The molecule has 0 spiro atoms. The number of ether oxygens (including phenoxy) is 1. The average Bonchev–Trinajstić information content (AvgIpc) is 2.38. The first-order valence-corrected chi connectivity index (χ1v) is 7.85. The Bertz CT molecular complexity index is 282. The van der Waals surface area contributed by atoms with Gasteiger partial charge in [0, 0.05) is 25.7 Å². The number of rotatable bonds is 8. The van der Waals surface area contributed by atoms with Gasteiger partial charge in [0.05, 0.1) is 12.6 Å². The summed E-state index contributed by atoms with van der Waals surface area (Å²) >= 11 is 0. The lowest BCUT2D eigenvalue weighted by molar-refractivity contribution is -0.122. The van der Waals surface area contributed by atoms with Gasteiger partial charge in [-0.05, 0) is 52.5 Å². The normalized spacial score (nSPS) is 21.9. The number of hydrogen-bond acceptors (Lipinski definition) is 4. The molecular formula is C15H31N3O2. The molecule has 0 aliphatic carbocycles. The van der Waals surface area contributed by atoms with Crippen molar-refractivity contribution in [3.8, 4) is 0 Å². The first-order chi connectivity index (χ1) is 9.49. The van der Waals surface area contributed by atoms with Crippen LogP contribution in [0, 0.1) is 5.92 Å². The van der Waals surface area contributed by atoms with E-state index in [1.54, 1.807) is 0 Å². The second kappa shape index (κ2) is 9.32. The van der Waals surface area contributed by atoms with E-state index in [9.17, 15) is 4.79 Å². The number of piperidine rings is 1. The third kappa shape index (κ3) is 7.22. The van der Waals surface area contributed by atoms with Crippen LogP contribution in [0.1, 0.15) is 40.0 Å².